The van der Waals surface area contributed by atoms with Crippen molar-refractivity contribution in [3.63, 3.8) is 0 Å². The molecule has 1 aromatic rings. The van der Waals surface area contributed by atoms with Crippen molar-refractivity contribution in [2.75, 3.05) is 6.54 Å². The summed E-state index contributed by atoms with van der Waals surface area (Å²) < 4.78 is 0. The Labute approximate surface area is 98.7 Å². The number of hydrogen-bond acceptors (Lipinski definition) is 3. The van der Waals surface area contributed by atoms with Gasteiger partial charge in [-0.2, -0.15) is 0 Å². The maximum absolute atomic E-state index is 4.49. The van der Waals surface area contributed by atoms with Gasteiger partial charge in [0, 0.05) is 23.9 Å². The van der Waals surface area contributed by atoms with Gasteiger partial charge in [-0.1, -0.05) is 20.3 Å². The summed E-state index contributed by atoms with van der Waals surface area (Å²) in [6.07, 6.45) is 3.42. The van der Waals surface area contributed by atoms with Crippen LogP contribution >= 0.6 is 0 Å². The molecule has 90 valence electrons. The molecule has 0 aromatic carbocycles. The molecule has 0 bridgehead atoms. The van der Waals surface area contributed by atoms with Gasteiger partial charge in [0.25, 0.3) is 0 Å². The number of rotatable bonds is 6. The molecule has 1 unspecified atom stereocenters. The summed E-state index contributed by atoms with van der Waals surface area (Å²) >= 11 is 0. The second kappa shape index (κ2) is 6.59. The summed E-state index contributed by atoms with van der Waals surface area (Å²) in [5, 5.41) is 3.51. The average molecular weight is 221 g/mol. The molecule has 1 rings (SSSR count). The van der Waals surface area contributed by atoms with Crippen LogP contribution in [0.25, 0.3) is 0 Å². The molecule has 0 saturated heterocycles. The van der Waals surface area contributed by atoms with Crippen molar-refractivity contribution < 1.29 is 0 Å². The first-order valence-corrected chi connectivity index (χ1v) is 6.20. The Morgan fingerprint density at radius 1 is 1.25 bits per heavy atom. The van der Waals surface area contributed by atoms with E-state index in [9.17, 15) is 0 Å². The van der Waals surface area contributed by atoms with Crippen molar-refractivity contribution in [2.45, 2.75) is 53.0 Å². The van der Waals surface area contributed by atoms with Gasteiger partial charge in [-0.25, -0.2) is 9.97 Å². The van der Waals surface area contributed by atoms with Crippen LogP contribution in [0.3, 0.4) is 0 Å². The van der Waals surface area contributed by atoms with Crippen molar-refractivity contribution in [1.82, 2.24) is 15.3 Å². The molecule has 0 aliphatic rings. The Morgan fingerprint density at radius 2 is 2.00 bits per heavy atom. The van der Waals surface area contributed by atoms with E-state index in [1.807, 2.05) is 13.8 Å². The highest BCUT2D eigenvalue weighted by Gasteiger charge is 2.09. The predicted molar refractivity (Wildman–Crippen MR) is 67.6 cm³/mol. The third-order valence-electron chi connectivity index (χ3n) is 2.60. The van der Waals surface area contributed by atoms with Gasteiger partial charge in [0.05, 0.1) is 0 Å². The summed E-state index contributed by atoms with van der Waals surface area (Å²) in [5.74, 6) is 0.877. The minimum absolute atomic E-state index is 0.545. The molecule has 1 heterocycles. The van der Waals surface area contributed by atoms with Crippen molar-refractivity contribution in [3.8, 4) is 0 Å². The maximum Gasteiger partial charge on any atom is 0.125 e. The van der Waals surface area contributed by atoms with E-state index in [4.69, 9.17) is 0 Å². The van der Waals surface area contributed by atoms with E-state index in [0.29, 0.717) is 6.04 Å². The van der Waals surface area contributed by atoms with Gasteiger partial charge in [0.1, 0.15) is 5.82 Å². The Morgan fingerprint density at radius 3 is 2.56 bits per heavy atom. The van der Waals surface area contributed by atoms with Crippen molar-refractivity contribution in [2.24, 2.45) is 0 Å². The van der Waals surface area contributed by atoms with Crippen LogP contribution in [0.1, 0.15) is 43.9 Å². The topological polar surface area (TPSA) is 37.8 Å². The molecule has 16 heavy (non-hydrogen) atoms. The molecule has 0 radical (unpaired) electrons. The molecular formula is C13H23N3. The number of nitrogens with zero attached hydrogens (tertiary/aromatic N) is 2. The minimum atomic E-state index is 0.545. The quantitative estimate of drug-likeness (QED) is 0.801. The SMILES string of the molecule is CCCC(Cc1cc(C)nc(C)n1)NCC. The van der Waals surface area contributed by atoms with Crippen LogP contribution < -0.4 is 5.32 Å². The van der Waals surface area contributed by atoms with Gasteiger partial charge in [0.2, 0.25) is 0 Å². The maximum atomic E-state index is 4.49. The highest BCUT2D eigenvalue weighted by atomic mass is 14.9. The molecule has 0 saturated carbocycles. The monoisotopic (exact) mass is 221 g/mol. The highest BCUT2D eigenvalue weighted by Crippen LogP contribution is 2.07. The normalized spacial score (nSPS) is 12.8. The third kappa shape index (κ3) is 4.27. The van der Waals surface area contributed by atoms with Gasteiger partial charge in [-0.05, 0) is 32.9 Å². The molecule has 0 amide bonds. The van der Waals surface area contributed by atoms with Crippen molar-refractivity contribution >= 4 is 0 Å². The minimum Gasteiger partial charge on any atom is -0.314 e. The highest BCUT2D eigenvalue weighted by molar-refractivity contribution is 5.10. The fourth-order valence-electron chi connectivity index (χ4n) is 2.06. The molecule has 3 heteroatoms. The summed E-state index contributed by atoms with van der Waals surface area (Å²) in [6, 6.07) is 2.64. The number of nitrogens with one attached hydrogen (secondary N) is 1. The molecule has 0 aliphatic carbocycles. The van der Waals surface area contributed by atoms with E-state index in [0.717, 1.165) is 30.2 Å². The third-order valence-corrected chi connectivity index (χ3v) is 2.60. The lowest BCUT2D eigenvalue weighted by Gasteiger charge is -2.16. The largest absolute Gasteiger partial charge is 0.314 e. The van der Waals surface area contributed by atoms with E-state index in [-0.39, 0.29) is 0 Å². The van der Waals surface area contributed by atoms with E-state index in [1.54, 1.807) is 0 Å². The van der Waals surface area contributed by atoms with E-state index in [2.05, 4.69) is 35.2 Å². The standard InChI is InChI=1S/C13H23N3/c1-5-7-12(14-6-2)9-13-8-10(3)15-11(4)16-13/h8,12,14H,5-7,9H2,1-4H3. The second-order valence-electron chi connectivity index (χ2n) is 4.30. The number of aryl methyl sites for hydroxylation is 2. The lowest BCUT2D eigenvalue weighted by Crippen LogP contribution is -2.31. The van der Waals surface area contributed by atoms with Gasteiger partial charge in [-0.3, -0.25) is 0 Å². The van der Waals surface area contributed by atoms with Gasteiger partial charge in [0.15, 0.2) is 0 Å². The Bertz CT molecular complexity index is 297. The average Bonchev–Trinajstić information content (AvgIpc) is 2.16. The summed E-state index contributed by atoms with van der Waals surface area (Å²) in [5.41, 5.74) is 2.22. The predicted octanol–water partition coefficient (Wildman–Crippen LogP) is 2.41. The van der Waals surface area contributed by atoms with Crippen LogP contribution in [-0.2, 0) is 6.42 Å². The van der Waals surface area contributed by atoms with Gasteiger partial charge in [-0.15, -0.1) is 0 Å². The Hall–Kier alpha value is -0.960. The molecular weight excluding hydrogens is 198 g/mol. The summed E-state index contributed by atoms with van der Waals surface area (Å²) in [7, 11) is 0. The van der Waals surface area contributed by atoms with E-state index >= 15 is 0 Å². The Kier molecular flexibility index (Phi) is 5.39. The first kappa shape index (κ1) is 13.1. The summed E-state index contributed by atoms with van der Waals surface area (Å²) in [6.45, 7) is 9.38. The summed E-state index contributed by atoms with van der Waals surface area (Å²) in [4.78, 5) is 8.79. The Balaban J connectivity index is 2.68. The van der Waals surface area contributed by atoms with Crippen LogP contribution in [0.4, 0.5) is 0 Å². The van der Waals surface area contributed by atoms with Crippen molar-refractivity contribution in [1.29, 1.82) is 0 Å². The van der Waals surface area contributed by atoms with Crippen LogP contribution in [0.15, 0.2) is 6.07 Å². The van der Waals surface area contributed by atoms with Crippen molar-refractivity contribution in [3.05, 3.63) is 23.3 Å². The molecule has 3 nitrogen and oxygen atoms in total. The van der Waals surface area contributed by atoms with E-state index in [1.165, 1.54) is 12.8 Å². The van der Waals surface area contributed by atoms with Gasteiger partial charge >= 0.3 is 0 Å². The van der Waals surface area contributed by atoms with Gasteiger partial charge < -0.3 is 5.32 Å². The lowest BCUT2D eigenvalue weighted by atomic mass is 10.1. The molecule has 1 aromatic heterocycles. The first-order valence-electron chi connectivity index (χ1n) is 6.20. The number of likely N-dealkylation sites (N-methyl/N-ethyl adjacent to an activating group) is 1. The molecule has 0 fully saturated rings. The van der Waals surface area contributed by atoms with Crippen LogP contribution in [0, 0.1) is 13.8 Å². The van der Waals surface area contributed by atoms with Crippen LogP contribution in [-0.4, -0.2) is 22.6 Å². The zero-order valence-corrected chi connectivity index (χ0v) is 10.9. The fourth-order valence-corrected chi connectivity index (χ4v) is 2.06. The lowest BCUT2D eigenvalue weighted by molar-refractivity contribution is 0.481. The zero-order chi connectivity index (χ0) is 12.0. The van der Waals surface area contributed by atoms with Crippen LogP contribution in [0.5, 0.6) is 0 Å². The molecule has 1 atom stereocenters. The number of aromatic nitrogens is 2. The fraction of sp³-hybridized carbons (Fsp3) is 0.692. The molecule has 0 spiro atoms. The number of hydrogen-bond donors (Lipinski definition) is 1. The molecule has 0 aliphatic heterocycles. The smallest absolute Gasteiger partial charge is 0.125 e. The van der Waals surface area contributed by atoms with E-state index < -0.39 is 0 Å². The first-order chi connectivity index (χ1) is 7.65. The zero-order valence-electron chi connectivity index (χ0n) is 10.9. The molecule has 1 N–H and O–H groups in total. The second-order valence-corrected chi connectivity index (χ2v) is 4.30. The van der Waals surface area contributed by atoms with Crippen LogP contribution in [0.2, 0.25) is 0 Å².